The van der Waals surface area contributed by atoms with Gasteiger partial charge in [0.25, 0.3) is 0 Å². The molecule has 3 N–H and O–H groups in total. The van der Waals surface area contributed by atoms with Crippen LogP contribution >= 0.6 is 0 Å². The van der Waals surface area contributed by atoms with Crippen molar-refractivity contribution < 1.29 is 19.1 Å². The lowest BCUT2D eigenvalue weighted by molar-refractivity contribution is -0.137. The molecule has 0 aromatic heterocycles. The van der Waals surface area contributed by atoms with Gasteiger partial charge in [-0.25, -0.2) is 4.79 Å². The van der Waals surface area contributed by atoms with Crippen molar-refractivity contribution in [3.63, 3.8) is 0 Å². The lowest BCUT2D eigenvalue weighted by Crippen LogP contribution is -2.56. The number of rotatable bonds is 10. The summed E-state index contributed by atoms with van der Waals surface area (Å²) in [6.45, 7) is 11.1. The Balaban J connectivity index is 1.61. The molecule has 1 aliphatic carbocycles. The van der Waals surface area contributed by atoms with E-state index in [1.54, 1.807) is 7.11 Å². The fourth-order valence-electron chi connectivity index (χ4n) is 4.29. The van der Waals surface area contributed by atoms with Gasteiger partial charge in [0.2, 0.25) is 5.91 Å². The minimum Gasteiger partial charge on any atom is -0.493 e. The normalized spacial score (nSPS) is 20.5. The molecule has 1 aromatic carbocycles. The number of nitrogens with one attached hydrogen (secondary N) is 3. The molecular weight excluding hydrogens is 432 g/mol. The Hall–Kier alpha value is -2.32. The van der Waals surface area contributed by atoms with E-state index in [1.807, 2.05) is 32.6 Å². The Morgan fingerprint density at radius 2 is 1.94 bits per heavy atom. The monoisotopic (exact) mass is 474 g/mol. The summed E-state index contributed by atoms with van der Waals surface area (Å²) in [5, 5.41) is 9.30. The van der Waals surface area contributed by atoms with Gasteiger partial charge in [-0.1, -0.05) is 12.1 Å². The van der Waals surface area contributed by atoms with E-state index in [4.69, 9.17) is 9.47 Å². The number of piperidine rings is 1. The molecule has 3 rings (SSSR count). The van der Waals surface area contributed by atoms with Gasteiger partial charge in [-0.05, 0) is 64.2 Å². The highest BCUT2D eigenvalue weighted by molar-refractivity contribution is 5.80. The summed E-state index contributed by atoms with van der Waals surface area (Å²) in [7, 11) is 1.69. The van der Waals surface area contributed by atoms with Crippen molar-refractivity contribution in [1.29, 1.82) is 0 Å². The molecule has 1 aromatic rings. The Labute approximate surface area is 204 Å². The van der Waals surface area contributed by atoms with E-state index in [1.165, 1.54) is 0 Å². The van der Waals surface area contributed by atoms with Gasteiger partial charge >= 0.3 is 6.03 Å². The fourth-order valence-corrected chi connectivity index (χ4v) is 4.29. The highest BCUT2D eigenvalue weighted by atomic mass is 16.5. The van der Waals surface area contributed by atoms with Crippen LogP contribution in [0.5, 0.6) is 5.75 Å². The van der Waals surface area contributed by atoms with Crippen LogP contribution in [0.25, 0.3) is 0 Å². The molecular formula is C26H42N4O4. The number of hydrogen-bond donors (Lipinski definition) is 3. The van der Waals surface area contributed by atoms with Crippen LogP contribution in [-0.4, -0.2) is 67.9 Å². The average molecular weight is 475 g/mol. The maximum absolute atomic E-state index is 13.6. The number of amides is 3. The van der Waals surface area contributed by atoms with Crippen molar-refractivity contribution in [2.45, 2.75) is 77.5 Å². The van der Waals surface area contributed by atoms with E-state index < -0.39 is 0 Å². The molecule has 0 radical (unpaired) electrons. The lowest BCUT2D eigenvalue weighted by Gasteiger charge is -2.34. The molecule has 190 valence electrons. The van der Waals surface area contributed by atoms with Gasteiger partial charge in [-0.3, -0.25) is 4.79 Å². The Morgan fingerprint density at radius 1 is 1.18 bits per heavy atom. The van der Waals surface area contributed by atoms with Crippen LogP contribution in [0, 0.1) is 12.8 Å². The summed E-state index contributed by atoms with van der Waals surface area (Å²) in [5.74, 6) is 0.885. The van der Waals surface area contributed by atoms with Crippen LogP contribution in [0.4, 0.5) is 4.79 Å². The number of aryl methyl sites for hydroxylation is 1. The van der Waals surface area contributed by atoms with E-state index in [-0.39, 0.29) is 29.4 Å². The topological polar surface area (TPSA) is 91.9 Å². The van der Waals surface area contributed by atoms with Gasteiger partial charge in [0.1, 0.15) is 5.75 Å². The largest absolute Gasteiger partial charge is 0.493 e. The molecule has 0 unspecified atom stereocenters. The molecule has 34 heavy (non-hydrogen) atoms. The van der Waals surface area contributed by atoms with Crippen molar-refractivity contribution in [3.8, 4) is 5.75 Å². The van der Waals surface area contributed by atoms with Gasteiger partial charge in [-0.15, -0.1) is 0 Å². The van der Waals surface area contributed by atoms with Gasteiger partial charge in [0.15, 0.2) is 0 Å². The van der Waals surface area contributed by atoms with E-state index in [9.17, 15) is 9.59 Å². The maximum Gasteiger partial charge on any atom is 0.315 e. The van der Waals surface area contributed by atoms with Gasteiger partial charge in [0.05, 0.1) is 12.5 Å². The Bertz CT molecular complexity index is 835. The summed E-state index contributed by atoms with van der Waals surface area (Å²) < 4.78 is 11.1. The number of carbonyl (C=O) groups excluding carboxylic acids is 2. The smallest absolute Gasteiger partial charge is 0.315 e. The molecule has 1 heterocycles. The molecule has 0 bridgehead atoms. The third-order valence-electron chi connectivity index (χ3n) is 6.15. The molecule has 1 saturated carbocycles. The maximum atomic E-state index is 13.6. The van der Waals surface area contributed by atoms with Crippen LogP contribution in [0.2, 0.25) is 0 Å². The highest BCUT2D eigenvalue weighted by Gasteiger charge is 2.38. The van der Waals surface area contributed by atoms with Crippen molar-refractivity contribution in [3.05, 3.63) is 29.3 Å². The molecule has 8 nitrogen and oxygen atoms in total. The zero-order chi connectivity index (χ0) is 24.7. The third-order valence-corrected chi connectivity index (χ3v) is 6.15. The fraction of sp³-hybridized carbons (Fsp3) is 0.692. The summed E-state index contributed by atoms with van der Waals surface area (Å²) in [5.41, 5.74) is 1.87. The summed E-state index contributed by atoms with van der Waals surface area (Å²) >= 11 is 0. The number of benzene rings is 1. The second-order valence-electron chi connectivity index (χ2n) is 10.6. The number of methoxy groups -OCH3 is 1. The van der Waals surface area contributed by atoms with Gasteiger partial charge in [0, 0.05) is 57.4 Å². The van der Waals surface area contributed by atoms with Crippen LogP contribution in [0.15, 0.2) is 18.2 Å². The zero-order valence-electron chi connectivity index (χ0n) is 21.4. The lowest BCUT2D eigenvalue weighted by atomic mass is 9.94. The van der Waals surface area contributed by atoms with Crippen LogP contribution in [0.1, 0.15) is 57.6 Å². The molecule has 0 spiro atoms. The first kappa shape index (κ1) is 26.3. The first-order chi connectivity index (χ1) is 16.2. The number of carbonyl (C=O) groups is 2. The molecule has 2 fully saturated rings. The van der Waals surface area contributed by atoms with E-state index in [0.717, 1.165) is 36.1 Å². The van der Waals surface area contributed by atoms with Crippen molar-refractivity contribution in [1.82, 2.24) is 20.9 Å². The van der Waals surface area contributed by atoms with E-state index in [0.29, 0.717) is 45.3 Å². The molecule has 2 atom stereocenters. The highest BCUT2D eigenvalue weighted by Crippen LogP contribution is 2.32. The summed E-state index contributed by atoms with van der Waals surface area (Å²) in [4.78, 5) is 27.9. The molecule has 1 aliphatic heterocycles. The number of ether oxygens (including phenoxy) is 2. The average Bonchev–Trinajstić information content (AvgIpc) is 3.60. The standard InChI is InChI=1S/C26H42N4O4/c1-18-7-8-19(13-23(18)34-12-6-11-33-5)17-30(22-9-10-22)24(31)20-14-21(16-27-15-20)28-25(32)29-26(2,3)4/h7-8,13,20-22,27H,6,9-12,14-17H2,1-5H3,(H2,28,29,32)/t20-,21+/m0/s1. The number of urea groups is 1. The first-order valence-corrected chi connectivity index (χ1v) is 12.5. The first-order valence-electron chi connectivity index (χ1n) is 12.5. The summed E-state index contributed by atoms with van der Waals surface area (Å²) in [6, 6.07) is 6.25. The predicted octanol–water partition coefficient (Wildman–Crippen LogP) is 2.98. The zero-order valence-corrected chi connectivity index (χ0v) is 21.4. The van der Waals surface area contributed by atoms with Crippen molar-refractivity contribution >= 4 is 11.9 Å². The Morgan fingerprint density at radius 3 is 2.62 bits per heavy atom. The number of hydrogen-bond acceptors (Lipinski definition) is 5. The van der Waals surface area contributed by atoms with Crippen molar-refractivity contribution in [2.24, 2.45) is 5.92 Å². The summed E-state index contributed by atoms with van der Waals surface area (Å²) in [6.07, 6.45) is 3.58. The van der Waals surface area contributed by atoms with Gasteiger partial charge in [-0.2, -0.15) is 0 Å². The second kappa shape index (κ2) is 11.9. The predicted molar refractivity (Wildman–Crippen MR) is 133 cm³/mol. The van der Waals surface area contributed by atoms with Crippen LogP contribution in [-0.2, 0) is 16.1 Å². The molecule has 8 heteroatoms. The number of nitrogens with zero attached hydrogens (tertiary/aromatic N) is 1. The van der Waals surface area contributed by atoms with E-state index >= 15 is 0 Å². The SMILES string of the molecule is COCCCOc1cc(CN(C(=O)[C@@H]2CNC[C@H](NC(=O)NC(C)(C)C)C2)C2CC2)ccc1C. The second-order valence-corrected chi connectivity index (χ2v) is 10.6. The molecule has 2 aliphatic rings. The molecule has 3 amide bonds. The minimum absolute atomic E-state index is 0.0717. The van der Waals surface area contributed by atoms with Crippen molar-refractivity contribution in [2.75, 3.05) is 33.4 Å². The Kier molecular flexibility index (Phi) is 9.19. The van der Waals surface area contributed by atoms with E-state index in [2.05, 4.69) is 34.1 Å². The van der Waals surface area contributed by atoms with Crippen LogP contribution in [0.3, 0.4) is 0 Å². The quantitative estimate of drug-likeness (QED) is 0.454. The van der Waals surface area contributed by atoms with Gasteiger partial charge < -0.3 is 30.3 Å². The van der Waals surface area contributed by atoms with Crippen LogP contribution < -0.4 is 20.7 Å². The minimum atomic E-state index is -0.301. The third kappa shape index (κ3) is 8.17. The molecule has 1 saturated heterocycles.